The van der Waals surface area contributed by atoms with E-state index in [2.05, 4.69) is 13.8 Å². The molecule has 0 saturated carbocycles. The SMILES string of the molecule is CC1(C)OC[C@@H]2CC(=O)C(c3ccccc3)=C21. The van der Waals surface area contributed by atoms with Crippen LogP contribution in [0.3, 0.4) is 0 Å². The van der Waals surface area contributed by atoms with Crippen LogP contribution in [0.2, 0.25) is 0 Å². The summed E-state index contributed by atoms with van der Waals surface area (Å²) in [6.45, 7) is 4.80. The molecule has 0 spiro atoms. The number of rotatable bonds is 1. The van der Waals surface area contributed by atoms with Gasteiger partial charge in [0, 0.05) is 17.9 Å². The lowest BCUT2D eigenvalue weighted by atomic mass is 9.89. The van der Waals surface area contributed by atoms with E-state index in [1.54, 1.807) is 0 Å². The highest BCUT2D eigenvalue weighted by Crippen LogP contribution is 2.47. The second kappa shape index (κ2) is 3.54. The van der Waals surface area contributed by atoms with Gasteiger partial charge in [0.25, 0.3) is 0 Å². The number of benzene rings is 1. The summed E-state index contributed by atoms with van der Waals surface area (Å²) in [6, 6.07) is 9.95. The number of carbonyl (C=O) groups is 1. The summed E-state index contributed by atoms with van der Waals surface area (Å²) in [4.78, 5) is 12.2. The largest absolute Gasteiger partial charge is 0.371 e. The molecule has 1 saturated heterocycles. The maximum atomic E-state index is 12.2. The van der Waals surface area contributed by atoms with Crippen molar-refractivity contribution in [3.05, 3.63) is 41.5 Å². The average molecular weight is 228 g/mol. The molecule has 1 aromatic carbocycles. The molecular weight excluding hydrogens is 212 g/mol. The Balaban J connectivity index is 2.19. The second-order valence-electron chi connectivity index (χ2n) is 5.30. The van der Waals surface area contributed by atoms with E-state index in [0.717, 1.165) is 11.1 Å². The minimum atomic E-state index is -0.290. The lowest BCUT2D eigenvalue weighted by Crippen LogP contribution is -2.21. The Hall–Kier alpha value is -1.41. The minimum absolute atomic E-state index is 0.271. The van der Waals surface area contributed by atoms with Crippen molar-refractivity contribution in [3.8, 4) is 0 Å². The van der Waals surface area contributed by atoms with Gasteiger partial charge in [-0.15, -0.1) is 0 Å². The van der Waals surface area contributed by atoms with E-state index in [4.69, 9.17) is 4.74 Å². The highest BCUT2D eigenvalue weighted by atomic mass is 16.5. The molecule has 17 heavy (non-hydrogen) atoms. The first kappa shape index (κ1) is 10.7. The molecule has 0 N–H and O–H groups in total. The summed E-state index contributed by atoms with van der Waals surface area (Å²) in [5.74, 6) is 0.570. The number of ketones is 1. The third-order valence-corrected chi connectivity index (χ3v) is 3.74. The Morgan fingerprint density at radius 1 is 1.24 bits per heavy atom. The lowest BCUT2D eigenvalue weighted by Gasteiger charge is -2.20. The molecule has 0 bridgehead atoms. The van der Waals surface area contributed by atoms with Crippen LogP contribution in [0.5, 0.6) is 0 Å². The third-order valence-electron chi connectivity index (χ3n) is 3.74. The van der Waals surface area contributed by atoms with E-state index in [0.29, 0.717) is 18.9 Å². The van der Waals surface area contributed by atoms with Crippen LogP contribution in [0.15, 0.2) is 35.9 Å². The van der Waals surface area contributed by atoms with Crippen LogP contribution in [-0.2, 0) is 9.53 Å². The van der Waals surface area contributed by atoms with E-state index in [-0.39, 0.29) is 11.4 Å². The van der Waals surface area contributed by atoms with Gasteiger partial charge in [0.15, 0.2) is 5.78 Å². The van der Waals surface area contributed by atoms with Crippen LogP contribution < -0.4 is 0 Å². The van der Waals surface area contributed by atoms with Gasteiger partial charge in [-0.2, -0.15) is 0 Å². The molecule has 2 aliphatic rings. The Morgan fingerprint density at radius 2 is 1.94 bits per heavy atom. The number of Topliss-reactive ketones (excluding diaryl/α,β-unsaturated/α-hetero) is 1. The van der Waals surface area contributed by atoms with Crippen molar-refractivity contribution < 1.29 is 9.53 Å². The number of ether oxygens (including phenoxy) is 1. The first-order valence-corrected chi connectivity index (χ1v) is 6.07. The number of carbonyl (C=O) groups excluding carboxylic acids is 1. The first-order valence-electron chi connectivity index (χ1n) is 6.07. The van der Waals surface area contributed by atoms with E-state index in [9.17, 15) is 4.79 Å². The van der Waals surface area contributed by atoms with Gasteiger partial charge in [0.1, 0.15) is 0 Å². The highest BCUT2D eigenvalue weighted by molar-refractivity contribution is 6.24. The number of fused-ring (bicyclic) bond motifs is 1. The Morgan fingerprint density at radius 3 is 2.65 bits per heavy atom. The van der Waals surface area contributed by atoms with Crippen molar-refractivity contribution in [2.75, 3.05) is 6.61 Å². The summed E-state index contributed by atoms with van der Waals surface area (Å²) >= 11 is 0. The molecule has 0 unspecified atom stereocenters. The predicted molar refractivity (Wildman–Crippen MR) is 66.5 cm³/mol. The minimum Gasteiger partial charge on any atom is -0.371 e. The van der Waals surface area contributed by atoms with Gasteiger partial charge in [0.2, 0.25) is 0 Å². The number of hydrogen-bond acceptors (Lipinski definition) is 2. The third kappa shape index (κ3) is 1.55. The van der Waals surface area contributed by atoms with Gasteiger partial charge < -0.3 is 4.74 Å². The Kier molecular flexibility index (Phi) is 2.23. The summed E-state index contributed by atoms with van der Waals surface area (Å²) < 4.78 is 5.80. The van der Waals surface area contributed by atoms with Crippen molar-refractivity contribution in [1.29, 1.82) is 0 Å². The molecule has 3 rings (SSSR count). The van der Waals surface area contributed by atoms with Gasteiger partial charge in [-0.25, -0.2) is 0 Å². The monoisotopic (exact) mass is 228 g/mol. The molecule has 1 atom stereocenters. The summed E-state index contributed by atoms with van der Waals surface area (Å²) in [5, 5.41) is 0. The van der Waals surface area contributed by atoms with Crippen molar-refractivity contribution in [2.24, 2.45) is 5.92 Å². The van der Waals surface area contributed by atoms with Crippen LogP contribution in [-0.4, -0.2) is 18.0 Å². The first-order chi connectivity index (χ1) is 8.09. The summed E-state index contributed by atoms with van der Waals surface area (Å²) in [6.07, 6.45) is 0.614. The summed E-state index contributed by atoms with van der Waals surface area (Å²) in [7, 11) is 0. The van der Waals surface area contributed by atoms with E-state index in [1.165, 1.54) is 5.57 Å². The van der Waals surface area contributed by atoms with Gasteiger partial charge in [0.05, 0.1) is 12.2 Å². The predicted octanol–water partition coefficient (Wildman–Crippen LogP) is 2.84. The molecule has 0 aromatic heterocycles. The molecule has 1 fully saturated rings. The zero-order valence-corrected chi connectivity index (χ0v) is 10.2. The summed E-state index contributed by atoms with van der Waals surface area (Å²) in [5.41, 5.74) is 2.85. The van der Waals surface area contributed by atoms with Crippen LogP contribution >= 0.6 is 0 Å². The molecule has 2 nitrogen and oxygen atoms in total. The Bertz CT molecular complexity index is 497. The Labute approximate surface area is 101 Å². The van der Waals surface area contributed by atoms with Gasteiger partial charge in [-0.05, 0) is 25.0 Å². The van der Waals surface area contributed by atoms with Crippen LogP contribution in [0.4, 0.5) is 0 Å². The van der Waals surface area contributed by atoms with Crippen molar-refractivity contribution in [1.82, 2.24) is 0 Å². The molecule has 1 heterocycles. The van der Waals surface area contributed by atoms with Crippen LogP contribution in [0.25, 0.3) is 5.57 Å². The van der Waals surface area contributed by atoms with E-state index >= 15 is 0 Å². The number of allylic oxidation sites excluding steroid dienone is 1. The smallest absolute Gasteiger partial charge is 0.164 e. The zero-order valence-electron chi connectivity index (χ0n) is 10.2. The van der Waals surface area contributed by atoms with Gasteiger partial charge >= 0.3 is 0 Å². The molecule has 2 heteroatoms. The maximum absolute atomic E-state index is 12.2. The molecule has 0 radical (unpaired) electrons. The van der Waals surface area contributed by atoms with Crippen molar-refractivity contribution >= 4 is 11.4 Å². The topological polar surface area (TPSA) is 26.3 Å². The fourth-order valence-corrected chi connectivity index (χ4v) is 3.03. The van der Waals surface area contributed by atoms with Crippen LogP contribution in [0.1, 0.15) is 25.8 Å². The number of hydrogen-bond donors (Lipinski definition) is 0. The van der Waals surface area contributed by atoms with Crippen molar-refractivity contribution in [3.63, 3.8) is 0 Å². The molecule has 1 aliphatic heterocycles. The normalized spacial score (nSPS) is 26.5. The maximum Gasteiger partial charge on any atom is 0.164 e. The van der Waals surface area contributed by atoms with E-state index < -0.39 is 0 Å². The standard InChI is InChI=1S/C15H16O2/c1-15(2)14-11(9-17-15)8-12(16)13(14)10-6-4-3-5-7-10/h3-7,11H,8-9H2,1-2H3/t11-/m0/s1. The van der Waals surface area contributed by atoms with Gasteiger partial charge in [-0.3, -0.25) is 4.79 Å². The fourth-order valence-electron chi connectivity index (χ4n) is 3.03. The molecule has 1 aromatic rings. The van der Waals surface area contributed by atoms with Gasteiger partial charge in [-0.1, -0.05) is 30.3 Å². The molecule has 88 valence electrons. The zero-order chi connectivity index (χ0) is 12.0. The highest BCUT2D eigenvalue weighted by Gasteiger charge is 2.46. The quantitative estimate of drug-likeness (QED) is 0.738. The fraction of sp³-hybridized carbons (Fsp3) is 0.400. The molecular formula is C15H16O2. The average Bonchev–Trinajstić information content (AvgIpc) is 2.78. The van der Waals surface area contributed by atoms with E-state index in [1.807, 2.05) is 30.3 Å². The van der Waals surface area contributed by atoms with Crippen molar-refractivity contribution in [2.45, 2.75) is 25.9 Å². The molecule has 0 amide bonds. The molecule has 1 aliphatic carbocycles. The van der Waals surface area contributed by atoms with Crippen LogP contribution in [0, 0.1) is 5.92 Å². The lowest BCUT2D eigenvalue weighted by molar-refractivity contribution is -0.114. The second-order valence-corrected chi connectivity index (χ2v) is 5.30.